The zero-order chi connectivity index (χ0) is 19.3. The molecule has 6 heteroatoms. The minimum Gasteiger partial charge on any atom is -0.483 e. The smallest absolute Gasteiger partial charge is 0.259 e. The third-order valence-electron chi connectivity index (χ3n) is 4.55. The zero-order valence-corrected chi connectivity index (χ0v) is 15.1. The number of rotatable bonds is 7. The van der Waals surface area contributed by atoms with Gasteiger partial charge in [0.05, 0.1) is 11.6 Å². The van der Waals surface area contributed by atoms with Crippen LogP contribution >= 0.6 is 0 Å². The molecule has 0 unspecified atom stereocenters. The van der Waals surface area contributed by atoms with Gasteiger partial charge in [-0.05, 0) is 49.9 Å². The molecule has 1 aliphatic carbocycles. The summed E-state index contributed by atoms with van der Waals surface area (Å²) in [6.07, 6.45) is 1.88. The predicted molar refractivity (Wildman–Crippen MR) is 101 cm³/mol. The molecule has 1 saturated carbocycles. The van der Waals surface area contributed by atoms with Gasteiger partial charge in [-0.3, -0.25) is 9.59 Å². The van der Waals surface area contributed by atoms with Crippen molar-refractivity contribution in [3.05, 3.63) is 60.2 Å². The second kappa shape index (κ2) is 7.92. The molecule has 0 radical (unpaired) electrons. The van der Waals surface area contributed by atoms with Crippen molar-refractivity contribution in [2.75, 3.05) is 11.9 Å². The average molecular weight is 363 g/mol. The van der Waals surface area contributed by atoms with Gasteiger partial charge in [0.1, 0.15) is 11.3 Å². The fourth-order valence-corrected chi connectivity index (χ4v) is 2.85. The van der Waals surface area contributed by atoms with Crippen molar-refractivity contribution in [3.8, 4) is 11.8 Å². The molecule has 0 aliphatic heterocycles. The maximum Gasteiger partial charge on any atom is 0.259 e. The van der Waals surface area contributed by atoms with Gasteiger partial charge in [-0.1, -0.05) is 30.3 Å². The van der Waals surface area contributed by atoms with Crippen LogP contribution in [0.25, 0.3) is 0 Å². The lowest BCUT2D eigenvalue weighted by atomic mass is 9.98. The molecule has 2 aromatic rings. The van der Waals surface area contributed by atoms with E-state index in [2.05, 4.69) is 16.7 Å². The number of nitrogens with one attached hydrogen (secondary N) is 2. The number of benzene rings is 2. The van der Waals surface area contributed by atoms with Gasteiger partial charge in [0.15, 0.2) is 6.61 Å². The maximum atomic E-state index is 12.5. The van der Waals surface area contributed by atoms with Gasteiger partial charge in [0, 0.05) is 5.69 Å². The topological polar surface area (TPSA) is 91.2 Å². The van der Waals surface area contributed by atoms with Crippen molar-refractivity contribution >= 4 is 17.5 Å². The zero-order valence-electron chi connectivity index (χ0n) is 15.1. The summed E-state index contributed by atoms with van der Waals surface area (Å²) in [4.78, 5) is 24.7. The third-order valence-corrected chi connectivity index (χ3v) is 4.55. The van der Waals surface area contributed by atoms with Gasteiger partial charge in [0.25, 0.3) is 11.8 Å². The van der Waals surface area contributed by atoms with E-state index in [0.717, 1.165) is 12.8 Å². The Hall–Kier alpha value is -3.33. The molecular weight excluding hydrogens is 342 g/mol. The van der Waals surface area contributed by atoms with Crippen LogP contribution < -0.4 is 15.4 Å². The molecule has 1 aliphatic rings. The standard InChI is InChI=1S/C21H21N3O3/c1-21(14-22,15-11-12-15)24-19(25)13-27-18-10-6-5-9-17(18)20(26)23-16-7-3-2-4-8-16/h2-10,15H,11-13H2,1H3,(H,23,26)(H,24,25)/t21-/m0/s1. The Balaban J connectivity index is 1.63. The summed E-state index contributed by atoms with van der Waals surface area (Å²) in [5, 5.41) is 14.9. The number of anilines is 1. The molecule has 0 spiro atoms. The molecule has 3 rings (SSSR count). The number of para-hydroxylation sites is 2. The Bertz CT molecular complexity index is 872. The van der Waals surface area contributed by atoms with E-state index in [1.807, 2.05) is 18.2 Å². The summed E-state index contributed by atoms with van der Waals surface area (Å²) in [6.45, 7) is 1.46. The first-order chi connectivity index (χ1) is 13.0. The molecule has 0 aromatic heterocycles. The van der Waals surface area contributed by atoms with E-state index in [9.17, 15) is 14.9 Å². The van der Waals surface area contributed by atoms with Gasteiger partial charge in [-0.25, -0.2) is 0 Å². The highest BCUT2D eigenvalue weighted by atomic mass is 16.5. The van der Waals surface area contributed by atoms with Crippen LogP contribution in [0.1, 0.15) is 30.1 Å². The number of amides is 2. The van der Waals surface area contributed by atoms with Crippen molar-refractivity contribution in [1.82, 2.24) is 5.32 Å². The Labute approximate surface area is 158 Å². The van der Waals surface area contributed by atoms with Crippen LogP contribution in [0.2, 0.25) is 0 Å². The highest BCUT2D eigenvalue weighted by molar-refractivity contribution is 6.06. The largest absolute Gasteiger partial charge is 0.483 e. The van der Waals surface area contributed by atoms with Crippen molar-refractivity contribution < 1.29 is 14.3 Å². The molecule has 27 heavy (non-hydrogen) atoms. The second-order valence-electron chi connectivity index (χ2n) is 6.74. The Morgan fingerprint density at radius 2 is 1.81 bits per heavy atom. The van der Waals surface area contributed by atoms with Crippen molar-refractivity contribution in [1.29, 1.82) is 5.26 Å². The molecule has 0 heterocycles. The maximum absolute atomic E-state index is 12.5. The molecule has 138 valence electrons. The van der Waals surface area contributed by atoms with Crippen molar-refractivity contribution in [2.24, 2.45) is 5.92 Å². The normalized spacial score (nSPS) is 15.1. The molecule has 0 saturated heterocycles. The molecule has 2 amide bonds. The fourth-order valence-electron chi connectivity index (χ4n) is 2.85. The van der Waals surface area contributed by atoms with Gasteiger partial charge in [-0.15, -0.1) is 0 Å². The highest BCUT2D eigenvalue weighted by Gasteiger charge is 2.43. The number of nitriles is 1. The highest BCUT2D eigenvalue weighted by Crippen LogP contribution is 2.39. The summed E-state index contributed by atoms with van der Waals surface area (Å²) >= 11 is 0. The van der Waals surface area contributed by atoms with Gasteiger partial charge in [0.2, 0.25) is 0 Å². The number of carbonyl (C=O) groups is 2. The van der Waals surface area contributed by atoms with E-state index < -0.39 is 5.54 Å². The molecule has 2 N–H and O–H groups in total. The van der Waals surface area contributed by atoms with Crippen molar-refractivity contribution in [3.63, 3.8) is 0 Å². The first-order valence-electron chi connectivity index (χ1n) is 8.82. The lowest BCUT2D eigenvalue weighted by Gasteiger charge is -2.23. The van der Waals surface area contributed by atoms with Crippen LogP contribution in [-0.4, -0.2) is 24.0 Å². The molecule has 0 bridgehead atoms. The fraction of sp³-hybridized carbons (Fsp3) is 0.286. The Kier molecular flexibility index (Phi) is 5.41. The molecule has 6 nitrogen and oxygen atoms in total. The Morgan fingerprint density at radius 1 is 1.15 bits per heavy atom. The minimum absolute atomic E-state index is 0.190. The third kappa shape index (κ3) is 4.64. The molecule has 1 fully saturated rings. The summed E-state index contributed by atoms with van der Waals surface area (Å²) in [5.41, 5.74) is 0.133. The van der Waals surface area contributed by atoms with Gasteiger partial charge < -0.3 is 15.4 Å². The van der Waals surface area contributed by atoms with E-state index in [1.165, 1.54) is 0 Å². The Morgan fingerprint density at radius 3 is 2.48 bits per heavy atom. The average Bonchev–Trinajstić information content (AvgIpc) is 3.53. The number of nitrogens with zero attached hydrogens (tertiary/aromatic N) is 1. The lowest BCUT2D eigenvalue weighted by molar-refractivity contribution is -0.124. The van der Waals surface area contributed by atoms with Crippen molar-refractivity contribution in [2.45, 2.75) is 25.3 Å². The van der Waals surface area contributed by atoms with E-state index >= 15 is 0 Å². The number of carbonyl (C=O) groups excluding carboxylic acids is 2. The van der Waals surface area contributed by atoms with Crippen LogP contribution in [0.4, 0.5) is 5.69 Å². The van der Waals surface area contributed by atoms with Crippen LogP contribution in [-0.2, 0) is 4.79 Å². The molecule has 2 aromatic carbocycles. The summed E-state index contributed by atoms with van der Waals surface area (Å²) < 4.78 is 5.57. The van der Waals surface area contributed by atoms with E-state index in [-0.39, 0.29) is 24.3 Å². The van der Waals surface area contributed by atoms with Gasteiger partial charge in [-0.2, -0.15) is 5.26 Å². The van der Waals surface area contributed by atoms with Crippen LogP contribution in [0.5, 0.6) is 5.75 Å². The molecule has 1 atom stereocenters. The quantitative estimate of drug-likeness (QED) is 0.791. The first-order valence-corrected chi connectivity index (χ1v) is 8.82. The number of hydrogen-bond donors (Lipinski definition) is 2. The summed E-state index contributed by atoms with van der Waals surface area (Å²) in [6, 6.07) is 18.0. The minimum atomic E-state index is -0.870. The summed E-state index contributed by atoms with van der Waals surface area (Å²) in [5.74, 6) is -0.206. The lowest BCUT2D eigenvalue weighted by Crippen LogP contribution is -2.48. The SMILES string of the molecule is C[C@@](C#N)(NC(=O)COc1ccccc1C(=O)Nc1ccccc1)C1CC1. The summed E-state index contributed by atoms with van der Waals surface area (Å²) in [7, 11) is 0. The monoisotopic (exact) mass is 363 g/mol. The number of hydrogen-bond acceptors (Lipinski definition) is 4. The van der Waals surface area contributed by atoms with Crippen LogP contribution in [0.3, 0.4) is 0 Å². The van der Waals surface area contributed by atoms with Crippen LogP contribution in [0.15, 0.2) is 54.6 Å². The van der Waals surface area contributed by atoms with Crippen LogP contribution in [0, 0.1) is 17.2 Å². The van der Waals surface area contributed by atoms with E-state index in [4.69, 9.17) is 4.74 Å². The van der Waals surface area contributed by atoms with E-state index in [0.29, 0.717) is 17.0 Å². The first kappa shape index (κ1) is 18.5. The van der Waals surface area contributed by atoms with Gasteiger partial charge >= 0.3 is 0 Å². The van der Waals surface area contributed by atoms with E-state index in [1.54, 1.807) is 43.3 Å². The second-order valence-corrected chi connectivity index (χ2v) is 6.74. The number of ether oxygens (including phenoxy) is 1. The molecular formula is C21H21N3O3. The predicted octanol–water partition coefficient (Wildman–Crippen LogP) is 3.13.